The summed E-state index contributed by atoms with van der Waals surface area (Å²) in [6.07, 6.45) is 0.852. The van der Waals surface area contributed by atoms with Crippen LogP contribution in [0.2, 0.25) is 0 Å². The topological polar surface area (TPSA) is 93.9 Å². The normalized spacial score (nSPS) is 11.9. The van der Waals surface area contributed by atoms with E-state index in [1.54, 1.807) is 18.2 Å². The van der Waals surface area contributed by atoms with Crippen LogP contribution in [0.5, 0.6) is 11.5 Å². The van der Waals surface area contributed by atoms with Crippen molar-refractivity contribution >= 4 is 35.6 Å². The first kappa shape index (κ1) is 22.4. The van der Waals surface area contributed by atoms with E-state index in [2.05, 4.69) is 5.32 Å². The predicted molar refractivity (Wildman–Crippen MR) is 115 cm³/mol. The van der Waals surface area contributed by atoms with Crippen LogP contribution in [0.3, 0.4) is 0 Å². The van der Waals surface area contributed by atoms with E-state index in [9.17, 15) is 9.59 Å². The van der Waals surface area contributed by atoms with Gasteiger partial charge in [0.1, 0.15) is 13.2 Å². The van der Waals surface area contributed by atoms with Gasteiger partial charge in [0.2, 0.25) is 11.8 Å². The second kappa shape index (κ2) is 10.6. The van der Waals surface area contributed by atoms with Gasteiger partial charge in [-0.3, -0.25) is 9.59 Å². The van der Waals surface area contributed by atoms with Crippen LogP contribution >= 0.6 is 12.4 Å². The molecule has 3 N–H and O–H groups in total. The van der Waals surface area contributed by atoms with Gasteiger partial charge in [-0.15, -0.1) is 12.4 Å². The summed E-state index contributed by atoms with van der Waals surface area (Å²) >= 11 is 0. The van der Waals surface area contributed by atoms with Crippen LogP contribution in [0, 0.1) is 0 Å². The van der Waals surface area contributed by atoms with E-state index in [1.807, 2.05) is 31.2 Å². The van der Waals surface area contributed by atoms with Gasteiger partial charge in [-0.05, 0) is 37.1 Å². The maximum absolute atomic E-state index is 12.5. The quantitative estimate of drug-likeness (QED) is 0.673. The highest BCUT2D eigenvalue weighted by molar-refractivity contribution is 5.94. The van der Waals surface area contributed by atoms with Crippen LogP contribution in [-0.4, -0.2) is 43.0 Å². The zero-order chi connectivity index (χ0) is 19.9. The van der Waals surface area contributed by atoms with Gasteiger partial charge in [0.15, 0.2) is 11.5 Å². The summed E-state index contributed by atoms with van der Waals surface area (Å²) in [4.78, 5) is 26.4. The molecular weight excluding hydrogens is 394 g/mol. The molecular formula is C21H26ClN3O4. The average molecular weight is 420 g/mol. The zero-order valence-electron chi connectivity index (χ0n) is 16.3. The molecule has 0 fully saturated rings. The van der Waals surface area contributed by atoms with Crippen molar-refractivity contribution in [1.29, 1.82) is 0 Å². The molecule has 2 aromatic rings. The van der Waals surface area contributed by atoms with Crippen LogP contribution in [-0.2, 0) is 16.0 Å². The van der Waals surface area contributed by atoms with Crippen molar-refractivity contribution in [3.05, 3.63) is 48.0 Å². The number of hydrogen-bond donors (Lipinski definition) is 2. The van der Waals surface area contributed by atoms with Crippen molar-refractivity contribution in [2.45, 2.75) is 19.8 Å². The molecule has 0 unspecified atom stereocenters. The number of nitrogens with two attached hydrogens (primary N) is 1. The lowest BCUT2D eigenvalue weighted by Crippen LogP contribution is -2.38. The summed E-state index contributed by atoms with van der Waals surface area (Å²) in [7, 11) is 0. The van der Waals surface area contributed by atoms with Gasteiger partial charge in [0.25, 0.3) is 0 Å². The Morgan fingerprint density at radius 1 is 1.10 bits per heavy atom. The Morgan fingerprint density at radius 2 is 1.83 bits per heavy atom. The number of benzene rings is 2. The third-order valence-corrected chi connectivity index (χ3v) is 4.56. The number of carbonyl (C=O) groups excluding carboxylic acids is 2. The van der Waals surface area contributed by atoms with Crippen molar-refractivity contribution in [2.24, 2.45) is 0 Å². The van der Waals surface area contributed by atoms with Crippen LogP contribution in [0.1, 0.15) is 18.9 Å². The molecule has 3 rings (SSSR count). The van der Waals surface area contributed by atoms with Crippen molar-refractivity contribution in [3.8, 4) is 11.5 Å². The fourth-order valence-corrected chi connectivity index (χ4v) is 3.03. The molecule has 0 aliphatic carbocycles. The van der Waals surface area contributed by atoms with Crippen molar-refractivity contribution in [1.82, 2.24) is 4.90 Å². The van der Waals surface area contributed by atoms with Crippen molar-refractivity contribution in [2.75, 3.05) is 37.4 Å². The molecule has 1 aliphatic heterocycles. The number of ether oxygens (including phenoxy) is 2. The molecule has 1 aliphatic rings. The smallest absolute Gasteiger partial charge is 0.243 e. The molecule has 7 nitrogen and oxygen atoms in total. The van der Waals surface area contributed by atoms with Crippen molar-refractivity contribution in [3.63, 3.8) is 0 Å². The van der Waals surface area contributed by atoms with Crippen molar-refractivity contribution < 1.29 is 19.1 Å². The number of nitrogen functional groups attached to an aromatic ring is 1. The first-order valence-corrected chi connectivity index (χ1v) is 9.37. The molecule has 0 saturated carbocycles. The fraction of sp³-hybridized carbons (Fsp3) is 0.333. The van der Waals surface area contributed by atoms with E-state index in [-0.39, 0.29) is 30.8 Å². The number of hydrogen-bond acceptors (Lipinski definition) is 5. The van der Waals surface area contributed by atoms with E-state index < -0.39 is 0 Å². The first-order chi connectivity index (χ1) is 13.6. The fourth-order valence-electron chi connectivity index (χ4n) is 3.03. The summed E-state index contributed by atoms with van der Waals surface area (Å²) in [6.45, 7) is 3.30. The number of fused-ring (bicyclic) bond motifs is 1. The van der Waals surface area contributed by atoms with Gasteiger partial charge in [0, 0.05) is 30.4 Å². The third kappa shape index (κ3) is 6.02. The number of nitrogens with zero attached hydrogens (tertiary/aromatic N) is 1. The summed E-state index contributed by atoms with van der Waals surface area (Å²) in [5.41, 5.74) is 8.14. The standard InChI is InChI=1S/C21H25N3O4.ClH/c1-2-24(21(26)10-7-15-5-3-4-6-17(15)22)14-20(25)23-16-8-9-18-19(13-16)28-12-11-27-18;/h3-6,8-9,13H,2,7,10-12,14,22H2,1H3,(H,23,25);1H. The highest BCUT2D eigenvalue weighted by Gasteiger charge is 2.17. The maximum atomic E-state index is 12.5. The van der Waals surface area contributed by atoms with E-state index in [0.717, 1.165) is 5.56 Å². The maximum Gasteiger partial charge on any atom is 0.243 e. The second-order valence-corrected chi connectivity index (χ2v) is 6.51. The molecule has 0 spiro atoms. The van der Waals surface area contributed by atoms with Gasteiger partial charge in [-0.1, -0.05) is 18.2 Å². The van der Waals surface area contributed by atoms with Crippen LogP contribution in [0.4, 0.5) is 11.4 Å². The van der Waals surface area contributed by atoms with Crippen LogP contribution in [0.25, 0.3) is 0 Å². The van der Waals surface area contributed by atoms with Gasteiger partial charge in [0.05, 0.1) is 6.54 Å². The number of halogens is 1. The highest BCUT2D eigenvalue weighted by atomic mass is 35.5. The molecule has 0 saturated heterocycles. The van der Waals surface area contributed by atoms with Crippen LogP contribution < -0.4 is 20.5 Å². The minimum atomic E-state index is -0.258. The zero-order valence-corrected chi connectivity index (χ0v) is 17.2. The number of rotatable bonds is 7. The number of para-hydroxylation sites is 1. The largest absolute Gasteiger partial charge is 0.486 e. The Bertz CT molecular complexity index is 860. The molecule has 29 heavy (non-hydrogen) atoms. The number of anilines is 2. The molecule has 2 aromatic carbocycles. The van der Waals surface area contributed by atoms with Crippen LogP contribution in [0.15, 0.2) is 42.5 Å². The lowest BCUT2D eigenvalue weighted by molar-refractivity contribution is -0.134. The Labute approximate surface area is 176 Å². The molecule has 0 aromatic heterocycles. The van der Waals surface area contributed by atoms with Gasteiger partial charge < -0.3 is 25.4 Å². The average Bonchev–Trinajstić information content (AvgIpc) is 2.71. The molecule has 8 heteroatoms. The van der Waals surface area contributed by atoms with Gasteiger partial charge >= 0.3 is 0 Å². The third-order valence-electron chi connectivity index (χ3n) is 4.56. The Hall–Kier alpha value is -2.93. The minimum Gasteiger partial charge on any atom is -0.486 e. The molecule has 2 amide bonds. The minimum absolute atomic E-state index is 0. The van der Waals surface area contributed by atoms with Gasteiger partial charge in [-0.25, -0.2) is 0 Å². The summed E-state index contributed by atoms with van der Waals surface area (Å²) in [5, 5.41) is 2.81. The Kier molecular flexibility index (Phi) is 8.15. The summed E-state index contributed by atoms with van der Waals surface area (Å²) < 4.78 is 11.0. The summed E-state index contributed by atoms with van der Waals surface area (Å²) in [6, 6.07) is 12.7. The van der Waals surface area contributed by atoms with E-state index in [1.165, 1.54) is 4.90 Å². The number of carbonyl (C=O) groups is 2. The Morgan fingerprint density at radius 3 is 2.55 bits per heavy atom. The number of amides is 2. The summed E-state index contributed by atoms with van der Waals surface area (Å²) in [5.74, 6) is 0.928. The monoisotopic (exact) mass is 419 g/mol. The molecule has 1 heterocycles. The van der Waals surface area contributed by atoms with Gasteiger partial charge in [-0.2, -0.15) is 0 Å². The SMILES string of the molecule is CCN(CC(=O)Nc1ccc2c(c1)OCCO2)C(=O)CCc1ccccc1N.Cl. The van der Waals surface area contributed by atoms with E-state index in [4.69, 9.17) is 15.2 Å². The lowest BCUT2D eigenvalue weighted by Gasteiger charge is -2.21. The Balaban J connectivity index is 0.00000300. The molecule has 156 valence electrons. The number of aryl methyl sites for hydroxylation is 1. The molecule has 0 radical (unpaired) electrons. The van der Waals surface area contributed by atoms with E-state index in [0.29, 0.717) is 55.5 Å². The predicted octanol–water partition coefficient (Wildman–Crippen LogP) is 2.88. The number of nitrogens with one attached hydrogen (secondary N) is 1. The van der Waals surface area contributed by atoms with E-state index >= 15 is 0 Å². The highest BCUT2D eigenvalue weighted by Crippen LogP contribution is 2.32. The lowest BCUT2D eigenvalue weighted by atomic mass is 10.1. The number of likely N-dealkylation sites (N-methyl/N-ethyl adjacent to an activating group) is 1. The molecule has 0 bridgehead atoms. The second-order valence-electron chi connectivity index (χ2n) is 6.51. The molecule has 0 atom stereocenters. The first-order valence-electron chi connectivity index (χ1n) is 9.37.